The Hall–Kier alpha value is -1.09. The van der Waals surface area contributed by atoms with E-state index in [9.17, 15) is 4.79 Å². The predicted octanol–water partition coefficient (Wildman–Crippen LogP) is 2.33. The lowest BCUT2D eigenvalue weighted by molar-refractivity contribution is 0.112. The van der Waals surface area contributed by atoms with E-state index < -0.39 is 0 Å². The van der Waals surface area contributed by atoms with Gasteiger partial charge in [-0.25, -0.2) is 4.98 Å². The standard InChI is InChI=1S/C9H10ClNO2/c1-6(2)13-8-4-3-7(5-12)9(10)11-8/h3-6H,1-2H3. The minimum absolute atomic E-state index is 0.0469. The Morgan fingerprint density at radius 1 is 1.54 bits per heavy atom. The molecule has 0 saturated heterocycles. The first-order valence-corrected chi connectivity index (χ1v) is 4.29. The van der Waals surface area contributed by atoms with Gasteiger partial charge in [0.1, 0.15) is 5.15 Å². The molecule has 13 heavy (non-hydrogen) atoms. The van der Waals surface area contributed by atoms with Gasteiger partial charge in [0.25, 0.3) is 0 Å². The second kappa shape index (κ2) is 4.23. The van der Waals surface area contributed by atoms with Crippen LogP contribution < -0.4 is 4.74 Å². The average Bonchev–Trinajstić information content (AvgIpc) is 2.03. The van der Waals surface area contributed by atoms with Gasteiger partial charge < -0.3 is 4.74 Å². The number of nitrogens with zero attached hydrogens (tertiary/aromatic N) is 1. The van der Waals surface area contributed by atoms with Crippen molar-refractivity contribution >= 4 is 17.9 Å². The van der Waals surface area contributed by atoms with Crippen LogP contribution in [0.25, 0.3) is 0 Å². The molecule has 1 aromatic heterocycles. The maximum atomic E-state index is 10.4. The third-order valence-corrected chi connectivity index (χ3v) is 1.64. The maximum Gasteiger partial charge on any atom is 0.214 e. The number of carbonyl (C=O) groups is 1. The maximum absolute atomic E-state index is 10.4. The van der Waals surface area contributed by atoms with Gasteiger partial charge in [-0.2, -0.15) is 0 Å². The van der Waals surface area contributed by atoms with Gasteiger partial charge in [0, 0.05) is 6.07 Å². The molecule has 0 spiro atoms. The van der Waals surface area contributed by atoms with E-state index in [0.717, 1.165) is 0 Å². The number of halogens is 1. The van der Waals surface area contributed by atoms with Crippen molar-refractivity contribution < 1.29 is 9.53 Å². The molecule has 4 heteroatoms. The van der Waals surface area contributed by atoms with Crippen molar-refractivity contribution in [3.63, 3.8) is 0 Å². The van der Waals surface area contributed by atoms with Crippen molar-refractivity contribution in [2.45, 2.75) is 20.0 Å². The topological polar surface area (TPSA) is 39.2 Å². The van der Waals surface area contributed by atoms with Gasteiger partial charge in [0.15, 0.2) is 6.29 Å². The normalized spacial score (nSPS) is 10.2. The van der Waals surface area contributed by atoms with Crippen LogP contribution in [0, 0.1) is 0 Å². The first-order chi connectivity index (χ1) is 6.13. The Kier molecular flexibility index (Phi) is 3.25. The number of aromatic nitrogens is 1. The summed E-state index contributed by atoms with van der Waals surface area (Å²) in [4.78, 5) is 14.3. The number of aldehydes is 1. The third-order valence-electron chi connectivity index (χ3n) is 1.34. The van der Waals surface area contributed by atoms with Crippen LogP contribution in [0.1, 0.15) is 24.2 Å². The zero-order chi connectivity index (χ0) is 9.84. The third kappa shape index (κ3) is 2.70. The van der Waals surface area contributed by atoms with Crippen molar-refractivity contribution in [3.8, 4) is 5.88 Å². The minimum atomic E-state index is 0.0469. The van der Waals surface area contributed by atoms with Crippen LogP contribution in [0.2, 0.25) is 5.15 Å². The summed E-state index contributed by atoms with van der Waals surface area (Å²) in [6, 6.07) is 3.20. The second-order valence-corrected chi connectivity index (χ2v) is 3.17. The lowest BCUT2D eigenvalue weighted by atomic mass is 10.3. The molecule has 1 heterocycles. The van der Waals surface area contributed by atoms with Gasteiger partial charge in [-0.3, -0.25) is 4.79 Å². The lowest BCUT2D eigenvalue weighted by Crippen LogP contribution is -2.07. The van der Waals surface area contributed by atoms with Gasteiger partial charge in [0.2, 0.25) is 5.88 Å². The molecule has 0 aliphatic carbocycles. The Bertz CT molecular complexity index is 312. The molecule has 0 aliphatic heterocycles. The van der Waals surface area contributed by atoms with E-state index in [1.54, 1.807) is 12.1 Å². The van der Waals surface area contributed by atoms with Crippen LogP contribution in [0.15, 0.2) is 12.1 Å². The highest BCUT2D eigenvalue weighted by molar-refractivity contribution is 6.31. The molecule has 0 bridgehead atoms. The fraction of sp³-hybridized carbons (Fsp3) is 0.333. The molecule has 0 radical (unpaired) electrons. The number of hydrogen-bond acceptors (Lipinski definition) is 3. The molecule has 1 rings (SSSR count). The zero-order valence-electron chi connectivity index (χ0n) is 7.45. The zero-order valence-corrected chi connectivity index (χ0v) is 8.21. The highest BCUT2D eigenvalue weighted by Gasteiger charge is 2.04. The SMILES string of the molecule is CC(C)Oc1ccc(C=O)c(Cl)n1. The summed E-state index contributed by atoms with van der Waals surface area (Å²) in [5.74, 6) is 0.436. The van der Waals surface area contributed by atoms with Crippen LogP contribution in [-0.4, -0.2) is 17.4 Å². The first kappa shape index (κ1) is 9.99. The van der Waals surface area contributed by atoms with Crippen LogP contribution >= 0.6 is 11.6 Å². The molecular formula is C9H10ClNO2. The number of carbonyl (C=O) groups excluding carboxylic acids is 1. The molecule has 0 fully saturated rings. The van der Waals surface area contributed by atoms with Gasteiger partial charge in [-0.15, -0.1) is 0 Å². The molecule has 3 nitrogen and oxygen atoms in total. The largest absolute Gasteiger partial charge is 0.475 e. The fourth-order valence-corrected chi connectivity index (χ4v) is 1.01. The Balaban J connectivity index is 2.89. The van der Waals surface area contributed by atoms with E-state index in [0.29, 0.717) is 17.7 Å². The monoisotopic (exact) mass is 199 g/mol. The lowest BCUT2D eigenvalue weighted by Gasteiger charge is -2.08. The number of ether oxygens (including phenoxy) is 1. The van der Waals surface area contributed by atoms with Crippen LogP contribution in [-0.2, 0) is 0 Å². The molecule has 0 saturated carbocycles. The van der Waals surface area contributed by atoms with Gasteiger partial charge in [-0.1, -0.05) is 11.6 Å². The van der Waals surface area contributed by atoms with E-state index in [-0.39, 0.29) is 11.3 Å². The van der Waals surface area contributed by atoms with Crippen molar-refractivity contribution in [1.29, 1.82) is 0 Å². The van der Waals surface area contributed by atoms with Gasteiger partial charge >= 0.3 is 0 Å². The Labute approximate surface area is 81.7 Å². The summed E-state index contributed by atoms with van der Waals surface area (Å²) in [6.07, 6.45) is 0.708. The quantitative estimate of drug-likeness (QED) is 0.554. The van der Waals surface area contributed by atoms with Crippen molar-refractivity contribution in [2.75, 3.05) is 0 Å². The molecule has 70 valence electrons. The summed E-state index contributed by atoms with van der Waals surface area (Å²) >= 11 is 5.69. The summed E-state index contributed by atoms with van der Waals surface area (Å²) in [5.41, 5.74) is 0.373. The average molecular weight is 200 g/mol. The summed E-state index contributed by atoms with van der Waals surface area (Å²) in [6.45, 7) is 3.78. The second-order valence-electron chi connectivity index (χ2n) is 2.81. The highest BCUT2D eigenvalue weighted by atomic mass is 35.5. The van der Waals surface area contributed by atoms with E-state index in [2.05, 4.69) is 4.98 Å². The number of pyridine rings is 1. The summed E-state index contributed by atoms with van der Waals surface area (Å²) in [5, 5.41) is 0.174. The summed E-state index contributed by atoms with van der Waals surface area (Å²) < 4.78 is 5.28. The molecule has 0 amide bonds. The highest BCUT2D eigenvalue weighted by Crippen LogP contribution is 2.16. The Morgan fingerprint density at radius 3 is 2.69 bits per heavy atom. The van der Waals surface area contributed by atoms with Crippen LogP contribution in [0.4, 0.5) is 0 Å². The van der Waals surface area contributed by atoms with E-state index in [4.69, 9.17) is 16.3 Å². The molecule has 0 unspecified atom stereocenters. The smallest absolute Gasteiger partial charge is 0.214 e. The molecule has 1 aromatic rings. The Morgan fingerprint density at radius 2 is 2.23 bits per heavy atom. The van der Waals surface area contributed by atoms with Gasteiger partial charge in [-0.05, 0) is 19.9 Å². The minimum Gasteiger partial charge on any atom is -0.475 e. The van der Waals surface area contributed by atoms with Crippen molar-refractivity contribution in [1.82, 2.24) is 4.98 Å². The van der Waals surface area contributed by atoms with Gasteiger partial charge in [0.05, 0.1) is 11.7 Å². The fourth-order valence-electron chi connectivity index (χ4n) is 0.823. The summed E-state index contributed by atoms with van der Waals surface area (Å²) in [7, 11) is 0. The van der Waals surface area contributed by atoms with Crippen molar-refractivity contribution in [2.24, 2.45) is 0 Å². The number of hydrogen-bond donors (Lipinski definition) is 0. The molecule has 0 aliphatic rings. The van der Waals surface area contributed by atoms with E-state index >= 15 is 0 Å². The number of rotatable bonds is 3. The van der Waals surface area contributed by atoms with E-state index in [1.807, 2.05) is 13.8 Å². The van der Waals surface area contributed by atoms with Crippen LogP contribution in [0.3, 0.4) is 0 Å². The van der Waals surface area contributed by atoms with Crippen LogP contribution in [0.5, 0.6) is 5.88 Å². The molecule has 0 aromatic carbocycles. The molecule has 0 atom stereocenters. The van der Waals surface area contributed by atoms with Crippen molar-refractivity contribution in [3.05, 3.63) is 22.8 Å². The van der Waals surface area contributed by atoms with E-state index in [1.165, 1.54) is 0 Å². The first-order valence-electron chi connectivity index (χ1n) is 3.92. The molecular weight excluding hydrogens is 190 g/mol. The molecule has 0 N–H and O–H groups in total. The predicted molar refractivity (Wildman–Crippen MR) is 50.4 cm³/mol.